The molecule has 0 radical (unpaired) electrons. The average molecular weight is 260 g/mol. The highest BCUT2D eigenvalue weighted by Gasteiger charge is 2.36. The van der Waals surface area contributed by atoms with Gasteiger partial charge in [-0.3, -0.25) is 0 Å². The van der Waals surface area contributed by atoms with Crippen molar-refractivity contribution >= 4 is 31.8 Å². The fourth-order valence-electron chi connectivity index (χ4n) is 1.19. The van der Waals surface area contributed by atoms with E-state index in [-0.39, 0.29) is 12.3 Å². The number of sulfone groups is 1. The Kier molecular flexibility index (Phi) is 3.47. The Balaban J connectivity index is 3.03. The zero-order valence-electron chi connectivity index (χ0n) is 7.58. The third-order valence-corrected chi connectivity index (χ3v) is 5.73. The van der Waals surface area contributed by atoms with E-state index >= 15 is 0 Å². The molecule has 0 aromatic rings. The topological polar surface area (TPSA) is 97.5 Å². The molecule has 1 atom stereocenters. The lowest BCUT2D eigenvalue weighted by Crippen LogP contribution is -2.52. The van der Waals surface area contributed by atoms with E-state index in [1.165, 1.54) is 11.8 Å². The van der Waals surface area contributed by atoms with E-state index in [0.29, 0.717) is 5.75 Å². The van der Waals surface area contributed by atoms with Gasteiger partial charge >= 0.3 is 0 Å². The van der Waals surface area contributed by atoms with Crippen LogP contribution in [0.2, 0.25) is 0 Å². The molecule has 1 unspecified atom stereocenters. The molecule has 1 saturated heterocycles. The van der Waals surface area contributed by atoms with Gasteiger partial charge in [-0.25, -0.2) is 13.6 Å². The van der Waals surface area contributed by atoms with Crippen molar-refractivity contribution in [3.8, 4) is 0 Å². The van der Waals surface area contributed by atoms with E-state index < -0.39 is 25.4 Å². The van der Waals surface area contributed by atoms with Gasteiger partial charge in [-0.2, -0.15) is 24.5 Å². The van der Waals surface area contributed by atoms with Crippen LogP contribution in [0.5, 0.6) is 0 Å². The second-order valence-electron chi connectivity index (χ2n) is 3.01. The molecule has 6 nitrogen and oxygen atoms in total. The van der Waals surface area contributed by atoms with Crippen molar-refractivity contribution in [2.45, 2.75) is 5.37 Å². The zero-order chi connectivity index (χ0) is 11.0. The molecule has 2 N–H and O–H groups in total. The maximum atomic E-state index is 11.3. The maximum absolute atomic E-state index is 11.3. The molecule has 0 aliphatic carbocycles. The van der Waals surface area contributed by atoms with Gasteiger partial charge in [-0.1, -0.05) is 0 Å². The number of nitrogens with zero attached hydrogens (tertiary/aromatic N) is 1. The van der Waals surface area contributed by atoms with Crippen LogP contribution < -0.4 is 5.14 Å². The van der Waals surface area contributed by atoms with E-state index in [9.17, 15) is 16.8 Å². The van der Waals surface area contributed by atoms with Gasteiger partial charge in [0.05, 0.1) is 0 Å². The normalized spacial score (nSPS) is 26.3. The van der Waals surface area contributed by atoms with Crippen molar-refractivity contribution in [3.05, 3.63) is 0 Å². The zero-order valence-corrected chi connectivity index (χ0v) is 10.0. The van der Waals surface area contributed by atoms with E-state index in [2.05, 4.69) is 0 Å². The lowest BCUT2D eigenvalue weighted by molar-refractivity contribution is 0.405. The third kappa shape index (κ3) is 2.83. The molecule has 0 saturated carbocycles. The Morgan fingerprint density at radius 2 is 1.93 bits per heavy atom. The number of nitrogens with two attached hydrogens (primary N) is 1. The van der Waals surface area contributed by atoms with E-state index in [0.717, 1.165) is 10.6 Å². The third-order valence-electron chi connectivity index (χ3n) is 1.86. The summed E-state index contributed by atoms with van der Waals surface area (Å²) < 4.78 is 45.5. The highest BCUT2D eigenvalue weighted by molar-refractivity contribution is 8.01. The van der Waals surface area contributed by atoms with Crippen molar-refractivity contribution in [2.75, 3.05) is 24.3 Å². The SMILES string of the molecule is CS(=O)(=O)C1CSCCN1S(N)(=O)=O. The molecule has 1 fully saturated rings. The Hall–Kier alpha value is 0.170. The van der Waals surface area contributed by atoms with Gasteiger partial charge in [-0.05, 0) is 0 Å². The summed E-state index contributed by atoms with van der Waals surface area (Å²) in [7, 11) is -7.33. The Morgan fingerprint density at radius 1 is 1.36 bits per heavy atom. The second kappa shape index (κ2) is 3.97. The van der Waals surface area contributed by atoms with Crippen LogP contribution in [0.4, 0.5) is 0 Å². The lowest BCUT2D eigenvalue weighted by Gasteiger charge is -2.31. The van der Waals surface area contributed by atoms with Crippen LogP contribution in [0.3, 0.4) is 0 Å². The molecule has 1 heterocycles. The molecule has 1 aliphatic heterocycles. The first-order valence-corrected chi connectivity index (χ1v) is 8.40. The molecule has 0 aromatic carbocycles. The number of thioether (sulfide) groups is 1. The van der Waals surface area contributed by atoms with Crippen molar-refractivity contribution in [3.63, 3.8) is 0 Å². The summed E-state index contributed by atoms with van der Waals surface area (Å²) in [5.74, 6) is 0.817. The summed E-state index contributed by atoms with van der Waals surface area (Å²) in [5.41, 5.74) is 0. The minimum Gasteiger partial charge on any atom is -0.227 e. The summed E-state index contributed by atoms with van der Waals surface area (Å²) in [6.07, 6.45) is 1.02. The first-order valence-electron chi connectivity index (χ1n) is 3.79. The van der Waals surface area contributed by atoms with Crippen LogP contribution in [0.25, 0.3) is 0 Å². The minimum absolute atomic E-state index is 0.154. The van der Waals surface area contributed by atoms with Gasteiger partial charge in [0.15, 0.2) is 9.84 Å². The van der Waals surface area contributed by atoms with E-state index in [1.54, 1.807) is 0 Å². The highest BCUT2D eigenvalue weighted by atomic mass is 32.2. The molecule has 0 bridgehead atoms. The van der Waals surface area contributed by atoms with Crippen LogP contribution in [0, 0.1) is 0 Å². The fraction of sp³-hybridized carbons (Fsp3) is 1.00. The number of hydrogen-bond donors (Lipinski definition) is 1. The predicted octanol–water partition coefficient (Wildman–Crippen LogP) is -1.39. The van der Waals surface area contributed by atoms with Crippen molar-refractivity contribution in [1.29, 1.82) is 0 Å². The van der Waals surface area contributed by atoms with Gasteiger partial charge < -0.3 is 0 Å². The Bertz CT molecular complexity index is 361. The number of hydrogen-bond acceptors (Lipinski definition) is 5. The van der Waals surface area contributed by atoms with Crippen LogP contribution >= 0.6 is 11.8 Å². The van der Waals surface area contributed by atoms with Crippen LogP contribution in [0.15, 0.2) is 0 Å². The quantitative estimate of drug-likeness (QED) is 0.659. The monoisotopic (exact) mass is 260 g/mol. The van der Waals surface area contributed by atoms with Gasteiger partial charge in [0.2, 0.25) is 0 Å². The summed E-state index contributed by atoms with van der Waals surface area (Å²) in [6.45, 7) is 0.154. The molecular weight excluding hydrogens is 248 g/mol. The fourth-order valence-corrected chi connectivity index (χ4v) is 5.66. The summed E-state index contributed by atoms with van der Waals surface area (Å²) in [6, 6.07) is 0. The van der Waals surface area contributed by atoms with Gasteiger partial charge in [0, 0.05) is 24.3 Å². The van der Waals surface area contributed by atoms with Gasteiger partial charge in [-0.15, -0.1) is 0 Å². The molecule has 9 heteroatoms. The van der Waals surface area contributed by atoms with Gasteiger partial charge in [0.1, 0.15) is 5.37 Å². The molecule has 1 aliphatic rings. The molecular formula is C5H12N2O4S3. The molecule has 1 rings (SSSR count). The van der Waals surface area contributed by atoms with Crippen LogP contribution in [-0.4, -0.2) is 50.8 Å². The average Bonchev–Trinajstić information content (AvgIpc) is 2.01. The van der Waals surface area contributed by atoms with Crippen molar-refractivity contribution in [1.82, 2.24) is 4.31 Å². The first kappa shape index (κ1) is 12.2. The van der Waals surface area contributed by atoms with Gasteiger partial charge in [0.25, 0.3) is 10.2 Å². The van der Waals surface area contributed by atoms with Crippen LogP contribution in [-0.2, 0) is 20.0 Å². The number of rotatable bonds is 2. The predicted molar refractivity (Wildman–Crippen MR) is 55.8 cm³/mol. The summed E-state index contributed by atoms with van der Waals surface area (Å²) >= 11 is 1.41. The summed E-state index contributed by atoms with van der Waals surface area (Å²) in [5, 5.41) is 3.90. The molecule has 0 spiro atoms. The molecule has 84 valence electrons. The second-order valence-corrected chi connectivity index (χ2v) is 7.87. The molecule has 0 amide bonds. The Labute approximate surface area is 87.9 Å². The highest BCUT2D eigenvalue weighted by Crippen LogP contribution is 2.21. The van der Waals surface area contributed by atoms with Crippen LogP contribution in [0.1, 0.15) is 0 Å². The molecule has 0 aromatic heterocycles. The van der Waals surface area contributed by atoms with Crippen molar-refractivity contribution < 1.29 is 16.8 Å². The largest absolute Gasteiger partial charge is 0.278 e. The lowest BCUT2D eigenvalue weighted by atomic mass is 10.6. The minimum atomic E-state index is -3.92. The Morgan fingerprint density at radius 3 is 2.29 bits per heavy atom. The summed E-state index contributed by atoms with van der Waals surface area (Å²) in [4.78, 5) is 0. The standard InChI is InChI=1S/C5H12N2O4S3/c1-13(8,9)5-4-12-3-2-7(5)14(6,10)11/h5H,2-4H2,1H3,(H2,6,10,11). The molecule has 14 heavy (non-hydrogen) atoms. The maximum Gasteiger partial charge on any atom is 0.278 e. The van der Waals surface area contributed by atoms with E-state index in [4.69, 9.17) is 5.14 Å². The smallest absolute Gasteiger partial charge is 0.227 e. The van der Waals surface area contributed by atoms with Crippen molar-refractivity contribution in [2.24, 2.45) is 5.14 Å². The first-order chi connectivity index (χ1) is 6.23. The van der Waals surface area contributed by atoms with E-state index in [1.807, 2.05) is 0 Å².